The van der Waals surface area contributed by atoms with Crippen LogP contribution in [-0.4, -0.2) is 40.8 Å². The molecule has 1 aromatic rings. The van der Waals surface area contributed by atoms with E-state index in [2.05, 4.69) is 5.32 Å². The van der Waals surface area contributed by atoms with Gasteiger partial charge in [0.2, 0.25) is 0 Å². The van der Waals surface area contributed by atoms with Crippen molar-refractivity contribution in [2.75, 3.05) is 6.54 Å². The van der Waals surface area contributed by atoms with E-state index in [0.717, 1.165) is 24.9 Å². The zero-order chi connectivity index (χ0) is 15.0. The number of carboxylic acids is 2. The van der Waals surface area contributed by atoms with Gasteiger partial charge in [-0.05, 0) is 31.4 Å². The minimum absolute atomic E-state index is 0.269. The summed E-state index contributed by atoms with van der Waals surface area (Å²) < 4.78 is 0. The molecule has 1 heterocycles. The maximum absolute atomic E-state index is 10.4. The zero-order valence-electron chi connectivity index (χ0n) is 11.2. The topological polar surface area (TPSA) is 113 Å². The van der Waals surface area contributed by atoms with Crippen LogP contribution in [0.25, 0.3) is 0 Å². The number of carbonyl (C=O) groups is 2. The lowest BCUT2D eigenvalue weighted by Gasteiger charge is -2.04. The summed E-state index contributed by atoms with van der Waals surface area (Å²) >= 11 is 0. The fourth-order valence-electron chi connectivity index (χ4n) is 1.85. The number of nitrogens with one attached hydrogen (secondary N) is 1. The molecule has 0 aromatic heterocycles. The van der Waals surface area contributed by atoms with Gasteiger partial charge >= 0.3 is 11.9 Å². The Bertz CT molecular complexity index is 430. The third-order valence-corrected chi connectivity index (χ3v) is 2.97. The average Bonchev–Trinajstić information content (AvgIpc) is 2.94. The standard InChI is InChI=1S/C9H11NO2.C5H9NO2/c10-8(9(11)12)6-7-4-2-1-3-5-7;7-5(8)4-2-1-3-6-4/h1-5,8H,6,10H2,(H,11,12);4,6H,1-3H2,(H,7,8)/t8-;4-/m11/s1. The molecule has 1 aromatic carbocycles. The lowest BCUT2D eigenvalue weighted by atomic mass is 10.1. The summed E-state index contributed by atoms with van der Waals surface area (Å²) in [6, 6.07) is 8.28. The van der Waals surface area contributed by atoms with E-state index < -0.39 is 18.0 Å². The van der Waals surface area contributed by atoms with E-state index >= 15 is 0 Å². The molecular weight excluding hydrogens is 260 g/mol. The van der Waals surface area contributed by atoms with Crippen molar-refractivity contribution >= 4 is 11.9 Å². The van der Waals surface area contributed by atoms with Gasteiger partial charge in [0, 0.05) is 0 Å². The maximum Gasteiger partial charge on any atom is 0.320 e. The molecule has 1 aliphatic rings. The summed E-state index contributed by atoms with van der Waals surface area (Å²) in [5, 5.41) is 19.7. The Morgan fingerprint density at radius 1 is 1.30 bits per heavy atom. The molecule has 110 valence electrons. The third-order valence-electron chi connectivity index (χ3n) is 2.97. The summed E-state index contributed by atoms with van der Waals surface area (Å²) in [5.74, 6) is -1.68. The molecule has 6 heteroatoms. The van der Waals surface area contributed by atoms with Gasteiger partial charge in [0.05, 0.1) is 0 Å². The smallest absolute Gasteiger partial charge is 0.320 e. The fraction of sp³-hybridized carbons (Fsp3) is 0.429. The first kappa shape index (κ1) is 16.1. The highest BCUT2D eigenvalue weighted by Gasteiger charge is 2.20. The largest absolute Gasteiger partial charge is 0.480 e. The second kappa shape index (κ2) is 8.29. The fourth-order valence-corrected chi connectivity index (χ4v) is 1.85. The van der Waals surface area contributed by atoms with E-state index in [1.807, 2.05) is 30.3 Å². The van der Waals surface area contributed by atoms with E-state index in [0.29, 0.717) is 6.42 Å². The Labute approximate surface area is 117 Å². The van der Waals surface area contributed by atoms with Crippen LogP contribution in [-0.2, 0) is 16.0 Å². The van der Waals surface area contributed by atoms with Crippen molar-refractivity contribution in [2.24, 2.45) is 5.73 Å². The van der Waals surface area contributed by atoms with Crippen molar-refractivity contribution in [1.29, 1.82) is 0 Å². The number of aliphatic carboxylic acids is 2. The van der Waals surface area contributed by atoms with Crippen molar-refractivity contribution in [1.82, 2.24) is 5.32 Å². The monoisotopic (exact) mass is 280 g/mol. The van der Waals surface area contributed by atoms with Crippen molar-refractivity contribution in [3.05, 3.63) is 35.9 Å². The van der Waals surface area contributed by atoms with Gasteiger partial charge in [-0.2, -0.15) is 0 Å². The van der Waals surface area contributed by atoms with Crippen LogP contribution in [0.1, 0.15) is 18.4 Å². The lowest BCUT2D eigenvalue weighted by molar-refractivity contribution is -0.139. The number of carboxylic acid groups (broad SMARTS) is 2. The molecular formula is C14H20N2O4. The Morgan fingerprint density at radius 3 is 2.35 bits per heavy atom. The molecule has 0 saturated carbocycles. The molecule has 6 nitrogen and oxygen atoms in total. The number of benzene rings is 1. The molecule has 1 saturated heterocycles. The number of rotatable bonds is 4. The molecule has 1 aliphatic heterocycles. The van der Waals surface area contributed by atoms with Gasteiger partial charge in [0.15, 0.2) is 0 Å². The molecule has 0 amide bonds. The van der Waals surface area contributed by atoms with Gasteiger partial charge in [-0.3, -0.25) is 9.59 Å². The zero-order valence-corrected chi connectivity index (χ0v) is 11.2. The minimum atomic E-state index is -0.959. The number of hydrogen-bond donors (Lipinski definition) is 4. The first-order valence-corrected chi connectivity index (χ1v) is 6.49. The molecule has 5 N–H and O–H groups in total. The molecule has 2 atom stereocenters. The Morgan fingerprint density at radius 2 is 1.95 bits per heavy atom. The molecule has 1 fully saturated rings. The van der Waals surface area contributed by atoms with Gasteiger partial charge in [0.1, 0.15) is 12.1 Å². The molecule has 0 aliphatic carbocycles. The summed E-state index contributed by atoms with van der Waals surface area (Å²) in [5.41, 5.74) is 6.30. The Hall–Kier alpha value is -1.92. The van der Waals surface area contributed by atoms with E-state index in [1.54, 1.807) is 0 Å². The molecule has 20 heavy (non-hydrogen) atoms. The minimum Gasteiger partial charge on any atom is -0.480 e. The van der Waals surface area contributed by atoms with Gasteiger partial charge in [-0.25, -0.2) is 0 Å². The highest BCUT2D eigenvalue weighted by molar-refractivity contribution is 5.74. The molecule has 0 spiro atoms. The van der Waals surface area contributed by atoms with Crippen LogP contribution in [0.3, 0.4) is 0 Å². The van der Waals surface area contributed by atoms with E-state index in [1.165, 1.54) is 0 Å². The van der Waals surface area contributed by atoms with Crippen LogP contribution in [0.5, 0.6) is 0 Å². The van der Waals surface area contributed by atoms with Crippen LogP contribution in [0.2, 0.25) is 0 Å². The van der Waals surface area contributed by atoms with Crippen molar-refractivity contribution < 1.29 is 19.8 Å². The van der Waals surface area contributed by atoms with E-state index in [-0.39, 0.29) is 6.04 Å². The first-order chi connectivity index (χ1) is 9.50. The highest BCUT2D eigenvalue weighted by Crippen LogP contribution is 2.03. The second-order valence-electron chi connectivity index (χ2n) is 4.62. The van der Waals surface area contributed by atoms with Crippen LogP contribution < -0.4 is 11.1 Å². The normalized spacial score (nSPS) is 18.8. The third kappa shape index (κ3) is 5.81. The molecule has 0 radical (unpaired) electrons. The van der Waals surface area contributed by atoms with E-state index in [9.17, 15) is 9.59 Å². The van der Waals surface area contributed by atoms with Gasteiger partial charge < -0.3 is 21.3 Å². The summed E-state index contributed by atoms with van der Waals surface area (Å²) in [6.07, 6.45) is 2.17. The quantitative estimate of drug-likeness (QED) is 0.637. The second-order valence-corrected chi connectivity index (χ2v) is 4.62. The molecule has 0 bridgehead atoms. The predicted molar refractivity (Wildman–Crippen MR) is 74.4 cm³/mol. The van der Waals surface area contributed by atoms with Crippen molar-refractivity contribution in [2.45, 2.75) is 31.3 Å². The van der Waals surface area contributed by atoms with Crippen molar-refractivity contribution in [3.8, 4) is 0 Å². The summed E-state index contributed by atoms with van der Waals surface area (Å²) in [6.45, 7) is 0.858. The van der Waals surface area contributed by atoms with Crippen LogP contribution in [0.4, 0.5) is 0 Å². The maximum atomic E-state index is 10.4. The SMILES string of the molecule is N[C@H](Cc1ccccc1)C(=O)O.O=C(O)[C@H]1CCCN1. The summed E-state index contributed by atoms with van der Waals surface area (Å²) in [4.78, 5) is 20.5. The van der Waals surface area contributed by atoms with E-state index in [4.69, 9.17) is 15.9 Å². The van der Waals surface area contributed by atoms with Gasteiger partial charge in [-0.1, -0.05) is 30.3 Å². The molecule has 2 rings (SSSR count). The van der Waals surface area contributed by atoms with Crippen LogP contribution in [0.15, 0.2) is 30.3 Å². The van der Waals surface area contributed by atoms with Gasteiger partial charge in [-0.15, -0.1) is 0 Å². The highest BCUT2D eigenvalue weighted by atomic mass is 16.4. The van der Waals surface area contributed by atoms with Crippen molar-refractivity contribution in [3.63, 3.8) is 0 Å². The Kier molecular flexibility index (Phi) is 6.69. The van der Waals surface area contributed by atoms with Crippen LogP contribution >= 0.6 is 0 Å². The van der Waals surface area contributed by atoms with Crippen LogP contribution in [0, 0.1) is 0 Å². The first-order valence-electron chi connectivity index (χ1n) is 6.49. The number of nitrogens with two attached hydrogens (primary N) is 1. The predicted octanol–water partition coefficient (Wildman–Crippen LogP) is 0.464. The lowest BCUT2D eigenvalue weighted by Crippen LogP contribution is -2.32. The average molecular weight is 280 g/mol. The molecule has 0 unspecified atom stereocenters. The number of hydrogen-bond acceptors (Lipinski definition) is 4. The Balaban J connectivity index is 0.000000217. The van der Waals surface area contributed by atoms with Gasteiger partial charge in [0.25, 0.3) is 0 Å². The summed E-state index contributed by atoms with van der Waals surface area (Å²) in [7, 11) is 0.